The van der Waals surface area contributed by atoms with Crippen molar-refractivity contribution in [3.05, 3.63) is 111 Å². The largest absolute Gasteiger partial charge is 0.494 e. The number of carbonyl (C=O) groups is 1. The molecule has 0 radical (unpaired) electrons. The molecule has 0 saturated carbocycles. The van der Waals surface area contributed by atoms with Gasteiger partial charge in [-0.05, 0) is 66.1 Å². The molecule has 0 aromatic heterocycles. The van der Waals surface area contributed by atoms with E-state index in [2.05, 4.69) is 33.4 Å². The number of benzene rings is 3. The lowest BCUT2D eigenvalue weighted by atomic mass is 9.84. The fourth-order valence-corrected chi connectivity index (χ4v) is 5.11. The molecule has 210 valence electrons. The Labute approximate surface area is 252 Å². The van der Waals surface area contributed by atoms with Crippen LogP contribution in [0.25, 0.3) is 0 Å². The van der Waals surface area contributed by atoms with Crippen LogP contribution in [0.5, 0.6) is 5.75 Å². The van der Waals surface area contributed by atoms with Gasteiger partial charge in [-0.1, -0.05) is 63.4 Å². The normalized spacial score (nSPS) is 18.1. The highest BCUT2D eigenvalue weighted by atomic mass is 79.9. The lowest BCUT2D eigenvalue weighted by molar-refractivity contribution is -0.129. The second-order valence-electron chi connectivity index (χ2n) is 9.20. The van der Waals surface area contributed by atoms with Gasteiger partial charge in [0.15, 0.2) is 11.6 Å². The lowest BCUT2D eigenvalue weighted by Gasteiger charge is -2.29. The maximum Gasteiger partial charge on any atom is 0.266 e. The Morgan fingerprint density at radius 1 is 1.15 bits per heavy atom. The number of halogens is 3. The third kappa shape index (κ3) is 7.25. The molecule has 7 nitrogen and oxygen atoms in total. The van der Waals surface area contributed by atoms with Crippen molar-refractivity contribution in [2.45, 2.75) is 30.9 Å². The van der Waals surface area contributed by atoms with Gasteiger partial charge in [0.05, 0.1) is 6.61 Å². The van der Waals surface area contributed by atoms with Crippen LogP contribution in [0.3, 0.4) is 0 Å². The fourth-order valence-electron chi connectivity index (χ4n) is 4.35. The van der Waals surface area contributed by atoms with Gasteiger partial charge in [-0.2, -0.15) is 0 Å². The van der Waals surface area contributed by atoms with Crippen LogP contribution in [0.4, 0.5) is 0 Å². The lowest BCUT2D eigenvalue weighted by Crippen LogP contribution is -2.52. The molecule has 1 heterocycles. The molecule has 3 N–H and O–H groups in total. The summed E-state index contributed by atoms with van der Waals surface area (Å²) in [5.74, 6) is 0.668. The number of amides is 1. The molecular formula is C30H30BrCl2N3O4. The number of aliphatic hydroxyl groups excluding tert-OH is 1. The summed E-state index contributed by atoms with van der Waals surface area (Å²) in [5.41, 5.74) is 6.96. The van der Waals surface area contributed by atoms with Crippen LogP contribution in [-0.4, -0.2) is 42.2 Å². The van der Waals surface area contributed by atoms with E-state index in [1.165, 1.54) is 0 Å². The molecule has 0 spiro atoms. The Hall–Kier alpha value is -2.88. The first kappa shape index (κ1) is 30.1. The quantitative estimate of drug-likeness (QED) is 0.117. The summed E-state index contributed by atoms with van der Waals surface area (Å²) in [7, 11) is 0. The second kappa shape index (κ2) is 14.1. The van der Waals surface area contributed by atoms with E-state index >= 15 is 0 Å². The highest BCUT2D eigenvalue weighted by Crippen LogP contribution is 2.43. The van der Waals surface area contributed by atoms with Crippen LogP contribution in [0, 0.1) is 0 Å². The molecule has 1 amide bonds. The second-order valence-corrected chi connectivity index (χ2v) is 11.0. The number of carbonyl (C=O) groups excluding carboxylic acids is 1. The van der Waals surface area contributed by atoms with Crippen LogP contribution in [0.2, 0.25) is 10.0 Å². The molecule has 40 heavy (non-hydrogen) atoms. The van der Waals surface area contributed by atoms with E-state index in [1.54, 1.807) is 18.2 Å². The smallest absolute Gasteiger partial charge is 0.266 e. The summed E-state index contributed by atoms with van der Waals surface area (Å²) in [4.78, 5) is 18.7. The SMILES string of the molecule is C=CC[C@]1(C(=O)NNCCc2ccc(Cl)cc2Cl)N=C(c2ccc(OCCCO)cc2)O[C@H]1c1ccc(Br)cc1. The van der Waals surface area contributed by atoms with E-state index in [0.29, 0.717) is 53.2 Å². The van der Waals surface area contributed by atoms with Crippen molar-refractivity contribution in [2.75, 3.05) is 19.8 Å². The molecule has 3 aromatic rings. The summed E-state index contributed by atoms with van der Waals surface area (Å²) >= 11 is 15.8. The number of rotatable bonds is 13. The zero-order valence-corrected chi connectivity index (χ0v) is 24.8. The highest BCUT2D eigenvalue weighted by molar-refractivity contribution is 9.10. The van der Waals surface area contributed by atoms with Gasteiger partial charge in [0, 0.05) is 46.1 Å². The minimum absolute atomic E-state index is 0.0668. The van der Waals surface area contributed by atoms with Gasteiger partial charge in [0.25, 0.3) is 5.91 Å². The summed E-state index contributed by atoms with van der Waals surface area (Å²) in [6, 6.07) is 20.2. The molecule has 4 rings (SSSR count). The predicted molar refractivity (Wildman–Crippen MR) is 162 cm³/mol. The van der Waals surface area contributed by atoms with E-state index in [0.717, 1.165) is 15.6 Å². The highest BCUT2D eigenvalue weighted by Gasteiger charge is 2.52. The zero-order valence-electron chi connectivity index (χ0n) is 21.7. The molecule has 0 bridgehead atoms. The number of hydrogen-bond acceptors (Lipinski definition) is 6. The summed E-state index contributed by atoms with van der Waals surface area (Å²) in [5, 5.41) is 10.1. The van der Waals surface area contributed by atoms with E-state index in [-0.39, 0.29) is 18.9 Å². The Balaban J connectivity index is 1.56. The van der Waals surface area contributed by atoms with Crippen molar-refractivity contribution in [1.82, 2.24) is 10.9 Å². The van der Waals surface area contributed by atoms with E-state index in [4.69, 9.17) is 42.8 Å². The van der Waals surface area contributed by atoms with Crippen LogP contribution < -0.4 is 15.6 Å². The number of aliphatic imine (C=N–C) groups is 1. The molecule has 0 fully saturated rings. The molecular weight excluding hydrogens is 617 g/mol. The average Bonchev–Trinajstić information content (AvgIpc) is 3.33. The van der Waals surface area contributed by atoms with Crippen LogP contribution in [-0.2, 0) is 16.0 Å². The Morgan fingerprint density at radius 2 is 1.90 bits per heavy atom. The number of hydrazine groups is 1. The minimum atomic E-state index is -1.30. The molecule has 0 unspecified atom stereocenters. The van der Waals surface area contributed by atoms with Crippen molar-refractivity contribution in [1.29, 1.82) is 0 Å². The average molecular weight is 647 g/mol. The Morgan fingerprint density at radius 3 is 2.58 bits per heavy atom. The first-order chi connectivity index (χ1) is 19.4. The Bertz CT molecular complexity index is 1350. The van der Waals surface area contributed by atoms with Gasteiger partial charge in [-0.25, -0.2) is 10.4 Å². The maximum absolute atomic E-state index is 13.8. The predicted octanol–water partition coefficient (Wildman–Crippen LogP) is 6.21. The summed E-state index contributed by atoms with van der Waals surface area (Å²) < 4.78 is 12.9. The van der Waals surface area contributed by atoms with Crippen LogP contribution >= 0.6 is 39.1 Å². The van der Waals surface area contributed by atoms with Crippen LogP contribution in [0.15, 0.2) is 88.9 Å². The van der Waals surface area contributed by atoms with Gasteiger partial charge in [-0.15, -0.1) is 6.58 Å². The van der Waals surface area contributed by atoms with Gasteiger partial charge >= 0.3 is 0 Å². The van der Waals surface area contributed by atoms with E-state index < -0.39 is 11.6 Å². The van der Waals surface area contributed by atoms with Crippen molar-refractivity contribution in [2.24, 2.45) is 4.99 Å². The van der Waals surface area contributed by atoms with Gasteiger partial charge in [0.2, 0.25) is 5.90 Å². The van der Waals surface area contributed by atoms with Crippen molar-refractivity contribution >= 4 is 50.9 Å². The third-order valence-corrected chi connectivity index (χ3v) is 7.51. The number of hydrogen-bond donors (Lipinski definition) is 3. The molecule has 2 atom stereocenters. The fraction of sp³-hybridized carbons (Fsp3) is 0.267. The maximum atomic E-state index is 13.8. The summed E-state index contributed by atoms with van der Waals surface area (Å²) in [6.07, 6.45) is 2.36. The van der Waals surface area contributed by atoms with Gasteiger partial charge in [-0.3, -0.25) is 10.2 Å². The topological polar surface area (TPSA) is 92.2 Å². The molecule has 1 aliphatic heterocycles. The van der Waals surface area contributed by atoms with Crippen molar-refractivity contribution in [3.63, 3.8) is 0 Å². The monoisotopic (exact) mass is 645 g/mol. The number of aliphatic hydroxyl groups is 1. The first-order valence-corrected chi connectivity index (χ1v) is 14.4. The first-order valence-electron chi connectivity index (χ1n) is 12.8. The van der Waals surface area contributed by atoms with Gasteiger partial charge in [0.1, 0.15) is 5.75 Å². The molecule has 1 aliphatic rings. The van der Waals surface area contributed by atoms with Crippen LogP contribution in [0.1, 0.15) is 35.6 Å². The molecule has 0 aliphatic carbocycles. The minimum Gasteiger partial charge on any atom is -0.494 e. The van der Waals surface area contributed by atoms with E-state index in [1.807, 2.05) is 54.6 Å². The third-order valence-electron chi connectivity index (χ3n) is 6.39. The van der Waals surface area contributed by atoms with Gasteiger partial charge < -0.3 is 14.6 Å². The zero-order chi connectivity index (χ0) is 28.5. The van der Waals surface area contributed by atoms with E-state index in [9.17, 15) is 4.79 Å². The number of nitrogens with one attached hydrogen (secondary N) is 2. The molecule has 10 heteroatoms. The number of ether oxygens (including phenoxy) is 2. The van der Waals surface area contributed by atoms with Crippen molar-refractivity contribution in [3.8, 4) is 5.75 Å². The number of nitrogens with zero attached hydrogens (tertiary/aromatic N) is 1. The molecule has 3 aromatic carbocycles. The molecule has 0 saturated heterocycles. The Kier molecular flexibility index (Phi) is 10.6. The van der Waals surface area contributed by atoms with Crippen molar-refractivity contribution < 1.29 is 19.4 Å². The standard InChI is InChI=1S/C30H30BrCl2N3O4/c1-2-15-30(29(38)36-34-16-14-20-6-11-24(32)19-26(20)33)27(21-4-9-23(31)10-5-21)40-28(35-30)22-7-12-25(13-8-22)39-18-3-17-37/h2,4-13,19,27,34,37H,1,3,14-18H2,(H,36,38)/t27-,30-/m0/s1. The summed E-state index contributed by atoms with van der Waals surface area (Å²) in [6.45, 7) is 4.82.